The van der Waals surface area contributed by atoms with Crippen molar-refractivity contribution in [3.63, 3.8) is 0 Å². The molecule has 6 nitrogen and oxygen atoms in total. The van der Waals surface area contributed by atoms with Crippen LogP contribution in [0.2, 0.25) is 0 Å². The van der Waals surface area contributed by atoms with Crippen LogP contribution in [-0.4, -0.2) is 30.0 Å². The first-order valence-electron chi connectivity index (χ1n) is 9.70. The van der Waals surface area contributed by atoms with Crippen molar-refractivity contribution >= 4 is 46.5 Å². The van der Waals surface area contributed by atoms with Gasteiger partial charge >= 0.3 is 0 Å². The van der Waals surface area contributed by atoms with Gasteiger partial charge in [0.25, 0.3) is 0 Å². The number of nitrogens with one attached hydrogen (secondary N) is 2. The molecule has 0 saturated carbocycles. The molecule has 0 atom stereocenters. The van der Waals surface area contributed by atoms with E-state index in [2.05, 4.69) is 10.6 Å². The maximum Gasteiger partial charge on any atom is 0.227 e. The van der Waals surface area contributed by atoms with Crippen molar-refractivity contribution in [1.29, 1.82) is 0 Å². The maximum absolute atomic E-state index is 12.7. The van der Waals surface area contributed by atoms with E-state index in [0.717, 1.165) is 21.9 Å². The van der Waals surface area contributed by atoms with Crippen molar-refractivity contribution < 1.29 is 14.4 Å². The van der Waals surface area contributed by atoms with Gasteiger partial charge in [-0.15, -0.1) is 11.8 Å². The number of fused-ring (bicyclic) bond motifs is 1. The molecule has 152 valence electrons. The highest BCUT2D eigenvalue weighted by molar-refractivity contribution is 7.99. The van der Waals surface area contributed by atoms with Gasteiger partial charge in [0.1, 0.15) is 0 Å². The highest BCUT2D eigenvalue weighted by atomic mass is 32.2. The van der Waals surface area contributed by atoms with Crippen molar-refractivity contribution in [1.82, 2.24) is 0 Å². The molecular formula is C22H25N3O3S. The average molecular weight is 412 g/mol. The van der Waals surface area contributed by atoms with Crippen molar-refractivity contribution in [3.05, 3.63) is 48.0 Å². The molecule has 0 saturated heterocycles. The molecule has 1 heterocycles. The molecule has 1 aliphatic heterocycles. The predicted molar refractivity (Wildman–Crippen MR) is 117 cm³/mol. The van der Waals surface area contributed by atoms with Crippen LogP contribution in [-0.2, 0) is 14.4 Å². The molecule has 0 aromatic heterocycles. The summed E-state index contributed by atoms with van der Waals surface area (Å²) in [5, 5.41) is 5.64. The van der Waals surface area contributed by atoms with Gasteiger partial charge in [-0.3, -0.25) is 14.4 Å². The summed E-state index contributed by atoms with van der Waals surface area (Å²) in [5.74, 6) is 0.495. The third kappa shape index (κ3) is 5.38. The van der Waals surface area contributed by atoms with Crippen LogP contribution >= 0.6 is 11.8 Å². The monoisotopic (exact) mass is 411 g/mol. The van der Waals surface area contributed by atoms with E-state index in [1.807, 2.05) is 37.3 Å². The Labute approximate surface area is 175 Å². The van der Waals surface area contributed by atoms with Crippen LogP contribution in [0.3, 0.4) is 0 Å². The van der Waals surface area contributed by atoms with Gasteiger partial charge in [-0.25, -0.2) is 0 Å². The highest BCUT2D eigenvalue weighted by Crippen LogP contribution is 2.34. The lowest BCUT2D eigenvalue weighted by Gasteiger charge is -2.29. The molecule has 0 spiro atoms. The first-order valence-corrected chi connectivity index (χ1v) is 10.7. The second-order valence-electron chi connectivity index (χ2n) is 6.84. The molecule has 0 bridgehead atoms. The lowest BCUT2D eigenvalue weighted by Crippen LogP contribution is -2.35. The van der Waals surface area contributed by atoms with E-state index in [-0.39, 0.29) is 30.6 Å². The van der Waals surface area contributed by atoms with Crippen LogP contribution in [0.4, 0.5) is 17.1 Å². The van der Waals surface area contributed by atoms with Gasteiger partial charge in [-0.05, 0) is 36.8 Å². The number of rotatable bonds is 6. The van der Waals surface area contributed by atoms with E-state index in [0.29, 0.717) is 24.3 Å². The molecule has 1 aliphatic rings. The zero-order chi connectivity index (χ0) is 20.8. The smallest absolute Gasteiger partial charge is 0.227 e. The van der Waals surface area contributed by atoms with Crippen LogP contribution < -0.4 is 15.5 Å². The van der Waals surface area contributed by atoms with Crippen LogP contribution in [0.5, 0.6) is 0 Å². The molecule has 7 heteroatoms. The first kappa shape index (κ1) is 20.9. The van der Waals surface area contributed by atoms with E-state index in [4.69, 9.17) is 0 Å². The Hall–Kier alpha value is -2.80. The molecule has 0 aliphatic carbocycles. The summed E-state index contributed by atoms with van der Waals surface area (Å²) in [6.45, 7) is 4.32. The minimum absolute atomic E-state index is 0.0476. The number of nitrogens with zero attached hydrogens (tertiary/aromatic N) is 1. The van der Waals surface area contributed by atoms with E-state index in [1.54, 1.807) is 35.7 Å². The fourth-order valence-electron chi connectivity index (χ4n) is 3.08. The molecule has 2 N–H and O–H groups in total. The minimum atomic E-state index is -0.222. The van der Waals surface area contributed by atoms with Gasteiger partial charge in [0.2, 0.25) is 17.7 Å². The molecule has 0 fully saturated rings. The fourth-order valence-corrected chi connectivity index (χ4v) is 4.08. The highest BCUT2D eigenvalue weighted by Gasteiger charge is 2.23. The first-order chi connectivity index (χ1) is 14.0. The summed E-state index contributed by atoms with van der Waals surface area (Å²) < 4.78 is 0. The van der Waals surface area contributed by atoms with Gasteiger partial charge in [0.05, 0.1) is 5.69 Å². The average Bonchev–Trinajstić information content (AvgIpc) is 2.73. The Bertz CT molecular complexity index is 929. The SMILES string of the molecule is CCC(=O)Nc1ccc(C)c(NC(=O)CCC(=O)N2CCSc3ccccc32)c1. The van der Waals surface area contributed by atoms with Crippen molar-refractivity contribution in [3.8, 4) is 0 Å². The minimum Gasteiger partial charge on any atom is -0.326 e. The Kier molecular flexibility index (Phi) is 6.93. The zero-order valence-corrected chi connectivity index (χ0v) is 17.5. The van der Waals surface area contributed by atoms with E-state index in [1.165, 1.54) is 0 Å². The second-order valence-corrected chi connectivity index (χ2v) is 7.98. The summed E-state index contributed by atoms with van der Waals surface area (Å²) >= 11 is 1.74. The molecule has 3 amide bonds. The van der Waals surface area contributed by atoms with Crippen molar-refractivity contribution in [2.45, 2.75) is 38.0 Å². The largest absolute Gasteiger partial charge is 0.326 e. The van der Waals surface area contributed by atoms with Crippen LogP contribution in [0.25, 0.3) is 0 Å². The summed E-state index contributed by atoms with van der Waals surface area (Å²) in [5.41, 5.74) is 3.08. The summed E-state index contributed by atoms with van der Waals surface area (Å²) in [6, 6.07) is 13.2. The zero-order valence-electron chi connectivity index (χ0n) is 16.7. The normalized spacial score (nSPS) is 12.8. The Balaban J connectivity index is 1.59. The quantitative estimate of drug-likeness (QED) is 0.747. The molecule has 2 aromatic rings. The van der Waals surface area contributed by atoms with E-state index < -0.39 is 0 Å². The number of thioether (sulfide) groups is 1. The molecule has 3 rings (SSSR count). The molecular weight excluding hydrogens is 386 g/mol. The Morgan fingerprint density at radius 2 is 1.83 bits per heavy atom. The maximum atomic E-state index is 12.7. The molecule has 2 aromatic carbocycles. The third-order valence-corrected chi connectivity index (χ3v) is 5.75. The topological polar surface area (TPSA) is 78.5 Å². The number of carbonyl (C=O) groups is 3. The number of aryl methyl sites for hydroxylation is 1. The standard InChI is InChI=1S/C22H25N3O3S/c1-3-20(26)23-16-9-8-15(2)17(14-16)24-21(27)10-11-22(28)25-12-13-29-19-7-5-4-6-18(19)25/h4-9,14H,3,10-13H2,1-2H3,(H,23,26)(H,24,27). The number of amides is 3. The summed E-state index contributed by atoms with van der Waals surface area (Å²) in [4.78, 5) is 39.5. The number of hydrogen-bond acceptors (Lipinski definition) is 4. The molecule has 29 heavy (non-hydrogen) atoms. The lowest BCUT2D eigenvalue weighted by atomic mass is 10.1. The summed E-state index contributed by atoms with van der Waals surface area (Å²) in [7, 11) is 0. The summed E-state index contributed by atoms with van der Waals surface area (Å²) in [6.07, 6.45) is 0.640. The Morgan fingerprint density at radius 1 is 1.03 bits per heavy atom. The number of para-hydroxylation sites is 1. The lowest BCUT2D eigenvalue weighted by molar-refractivity contribution is -0.122. The molecule has 0 radical (unpaired) electrons. The van der Waals surface area contributed by atoms with Crippen LogP contribution in [0.15, 0.2) is 47.4 Å². The number of carbonyl (C=O) groups excluding carboxylic acids is 3. The van der Waals surface area contributed by atoms with Gasteiger partial charge < -0.3 is 15.5 Å². The van der Waals surface area contributed by atoms with Gasteiger partial charge in [0, 0.05) is 47.8 Å². The van der Waals surface area contributed by atoms with Gasteiger partial charge in [-0.2, -0.15) is 0 Å². The number of hydrogen-bond donors (Lipinski definition) is 2. The second kappa shape index (κ2) is 9.60. The number of anilines is 3. The fraction of sp³-hybridized carbons (Fsp3) is 0.318. The van der Waals surface area contributed by atoms with E-state index >= 15 is 0 Å². The van der Waals surface area contributed by atoms with Gasteiger partial charge in [0.15, 0.2) is 0 Å². The van der Waals surface area contributed by atoms with Crippen molar-refractivity contribution in [2.75, 3.05) is 27.8 Å². The third-order valence-electron chi connectivity index (χ3n) is 4.71. The van der Waals surface area contributed by atoms with Gasteiger partial charge in [-0.1, -0.05) is 25.1 Å². The van der Waals surface area contributed by atoms with Crippen LogP contribution in [0, 0.1) is 6.92 Å². The predicted octanol–water partition coefficient (Wildman–Crippen LogP) is 4.20. The van der Waals surface area contributed by atoms with E-state index in [9.17, 15) is 14.4 Å². The number of benzene rings is 2. The Morgan fingerprint density at radius 3 is 2.62 bits per heavy atom. The van der Waals surface area contributed by atoms with Crippen LogP contribution in [0.1, 0.15) is 31.7 Å². The van der Waals surface area contributed by atoms with Crippen molar-refractivity contribution in [2.24, 2.45) is 0 Å². The molecule has 0 unspecified atom stereocenters.